The molecule has 2 rings (SSSR count). The van der Waals surface area contributed by atoms with E-state index in [0.29, 0.717) is 6.04 Å². The molecular formula is C16H22N4. The zero-order chi connectivity index (χ0) is 14.4. The van der Waals surface area contributed by atoms with Crippen LogP contribution in [0.5, 0.6) is 0 Å². The summed E-state index contributed by atoms with van der Waals surface area (Å²) in [6, 6.07) is 10.7. The Kier molecular flexibility index (Phi) is 5.07. The van der Waals surface area contributed by atoms with Gasteiger partial charge in [-0.1, -0.05) is 32.0 Å². The predicted molar refractivity (Wildman–Crippen MR) is 83.1 cm³/mol. The summed E-state index contributed by atoms with van der Waals surface area (Å²) in [6.07, 6.45) is 3.68. The fourth-order valence-electron chi connectivity index (χ4n) is 1.97. The molecule has 0 atom stereocenters. The molecule has 0 fully saturated rings. The minimum absolute atomic E-state index is 0.452. The Morgan fingerprint density at radius 2 is 1.85 bits per heavy atom. The van der Waals surface area contributed by atoms with Gasteiger partial charge in [0.2, 0.25) is 0 Å². The third-order valence-corrected chi connectivity index (χ3v) is 3.04. The number of nitrogens with one attached hydrogen (secondary N) is 1. The van der Waals surface area contributed by atoms with Crippen LogP contribution in [0.3, 0.4) is 0 Å². The maximum atomic E-state index is 4.53. The fraction of sp³-hybridized carbons (Fsp3) is 0.375. The average molecular weight is 270 g/mol. The summed E-state index contributed by atoms with van der Waals surface area (Å²) in [5.41, 5.74) is 2.10. The SMILES string of the molecule is CCN(c1ccccc1)c1cnc(CNC(C)C)cn1. The third-order valence-electron chi connectivity index (χ3n) is 3.04. The standard InChI is InChI=1S/C16H22N4/c1-4-20(15-8-6-5-7-9-15)16-12-18-14(11-19-16)10-17-13(2)3/h5-9,11-13,17H,4,10H2,1-3H3. The summed E-state index contributed by atoms with van der Waals surface area (Å²) in [4.78, 5) is 11.2. The number of anilines is 2. The lowest BCUT2D eigenvalue weighted by atomic mass is 10.3. The number of aromatic nitrogens is 2. The molecule has 1 aromatic carbocycles. The summed E-state index contributed by atoms with van der Waals surface area (Å²) < 4.78 is 0. The van der Waals surface area contributed by atoms with Gasteiger partial charge in [-0.3, -0.25) is 4.98 Å². The zero-order valence-corrected chi connectivity index (χ0v) is 12.4. The Morgan fingerprint density at radius 1 is 1.10 bits per heavy atom. The van der Waals surface area contributed by atoms with Crippen molar-refractivity contribution in [2.45, 2.75) is 33.4 Å². The van der Waals surface area contributed by atoms with Crippen LogP contribution in [0.15, 0.2) is 42.7 Å². The fourth-order valence-corrected chi connectivity index (χ4v) is 1.97. The minimum Gasteiger partial charge on any atom is -0.325 e. The molecular weight excluding hydrogens is 248 g/mol. The van der Waals surface area contributed by atoms with Crippen molar-refractivity contribution in [3.63, 3.8) is 0 Å². The molecule has 0 amide bonds. The van der Waals surface area contributed by atoms with Crippen molar-refractivity contribution in [3.8, 4) is 0 Å². The molecule has 1 N–H and O–H groups in total. The zero-order valence-electron chi connectivity index (χ0n) is 12.4. The Morgan fingerprint density at radius 3 is 2.40 bits per heavy atom. The third kappa shape index (κ3) is 3.78. The predicted octanol–water partition coefficient (Wildman–Crippen LogP) is 3.13. The number of nitrogens with zero attached hydrogens (tertiary/aromatic N) is 3. The Balaban J connectivity index is 2.11. The second kappa shape index (κ2) is 7.01. The molecule has 0 radical (unpaired) electrons. The lowest BCUT2D eigenvalue weighted by Gasteiger charge is -2.21. The number of hydrogen-bond donors (Lipinski definition) is 1. The number of rotatable bonds is 6. The maximum absolute atomic E-state index is 4.53. The van der Waals surface area contributed by atoms with E-state index in [0.717, 1.165) is 30.3 Å². The molecule has 0 saturated heterocycles. The maximum Gasteiger partial charge on any atom is 0.151 e. The molecule has 0 spiro atoms. The average Bonchev–Trinajstić information content (AvgIpc) is 2.48. The van der Waals surface area contributed by atoms with E-state index in [4.69, 9.17) is 0 Å². The normalized spacial score (nSPS) is 10.8. The lowest BCUT2D eigenvalue weighted by Crippen LogP contribution is -2.23. The van der Waals surface area contributed by atoms with Gasteiger partial charge in [0, 0.05) is 24.8 Å². The van der Waals surface area contributed by atoms with Crippen LogP contribution in [0.1, 0.15) is 26.5 Å². The van der Waals surface area contributed by atoms with E-state index in [1.54, 1.807) is 0 Å². The first-order valence-corrected chi connectivity index (χ1v) is 7.07. The Bertz CT molecular complexity index is 508. The van der Waals surface area contributed by atoms with Crippen molar-refractivity contribution < 1.29 is 0 Å². The van der Waals surface area contributed by atoms with Gasteiger partial charge in [0.1, 0.15) is 0 Å². The van der Waals surface area contributed by atoms with Crippen LogP contribution in [-0.4, -0.2) is 22.6 Å². The largest absolute Gasteiger partial charge is 0.325 e. The van der Waals surface area contributed by atoms with E-state index >= 15 is 0 Å². The first kappa shape index (κ1) is 14.5. The van der Waals surface area contributed by atoms with E-state index in [1.165, 1.54) is 0 Å². The first-order valence-electron chi connectivity index (χ1n) is 7.07. The van der Waals surface area contributed by atoms with E-state index in [-0.39, 0.29) is 0 Å². The van der Waals surface area contributed by atoms with E-state index in [2.05, 4.69) is 53.1 Å². The van der Waals surface area contributed by atoms with Crippen LogP contribution in [0, 0.1) is 0 Å². The van der Waals surface area contributed by atoms with Crippen molar-refractivity contribution in [3.05, 3.63) is 48.4 Å². The van der Waals surface area contributed by atoms with Crippen LogP contribution in [-0.2, 0) is 6.54 Å². The Labute approximate surface area is 120 Å². The highest BCUT2D eigenvalue weighted by Gasteiger charge is 2.08. The molecule has 0 bridgehead atoms. The molecule has 2 aromatic rings. The van der Waals surface area contributed by atoms with Gasteiger partial charge >= 0.3 is 0 Å². The lowest BCUT2D eigenvalue weighted by molar-refractivity contribution is 0.580. The van der Waals surface area contributed by atoms with Gasteiger partial charge in [-0.05, 0) is 19.1 Å². The quantitative estimate of drug-likeness (QED) is 0.875. The van der Waals surface area contributed by atoms with Crippen LogP contribution in [0.2, 0.25) is 0 Å². The van der Waals surface area contributed by atoms with Crippen LogP contribution < -0.4 is 10.2 Å². The second-order valence-corrected chi connectivity index (χ2v) is 4.98. The minimum atomic E-state index is 0.452. The highest BCUT2D eigenvalue weighted by atomic mass is 15.2. The van der Waals surface area contributed by atoms with Crippen molar-refractivity contribution >= 4 is 11.5 Å². The molecule has 4 heteroatoms. The van der Waals surface area contributed by atoms with Gasteiger partial charge in [0.25, 0.3) is 0 Å². The molecule has 106 valence electrons. The summed E-state index contributed by atoms with van der Waals surface area (Å²) >= 11 is 0. The molecule has 1 heterocycles. The smallest absolute Gasteiger partial charge is 0.151 e. The molecule has 0 aliphatic carbocycles. The van der Waals surface area contributed by atoms with E-state index in [9.17, 15) is 0 Å². The van der Waals surface area contributed by atoms with Crippen LogP contribution >= 0.6 is 0 Å². The topological polar surface area (TPSA) is 41.1 Å². The molecule has 1 aromatic heterocycles. The molecule has 4 nitrogen and oxygen atoms in total. The first-order chi connectivity index (χ1) is 9.70. The van der Waals surface area contributed by atoms with Crippen LogP contribution in [0.4, 0.5) is 11.5 Å². The van der Waals surface area contributed by atoms with Gasteiger partial charge < -0.3 is 10.2 Å². The van der Waals surface area contributed by atoms with Gasteiger partial charge in [-0.25, -0.2) is 4.98 Å². The van der Waals surface area contributed by atoms with Crippen LogP contribution in [0.25, 0.3) is 0 Å². The summed E-state index contributed by atoms with van der Waals surface area (Å²) in [5, 5.41) is 3.34. The number of para-hydroxylation sites is 1. The van der Waals surface area contributed by atoms with Gasteiger partial charge in [-0.15, -0.1) is 0 Å². The molecule has 0 aliphatic rings. The van der Waals surface area contributed by atoms with Gasteiger partial charge in [-0.2, -0.15) is 0 Å². The second-order valence-electron chi connectivity index (χ2n) is 4.98. The highest BCUT2D eigenvalue weighted by Crippen LogP contribution is 2.21. The van der Waals surface area contributed by atoms with E-state index < -0.39 is 0 Å². The van der Waals surface area contributed by atoms with Crippen molar-refractivity contribution in [2.75, 3.05) is 11.4 Å². The summed E-state index contributed by atoms with van der Waals surface area (Å²) in [7, 11) is 0. The summed E-state index contributed by atoms with van der Waals surface area (Å²) in [5.74, 6) is 0.881. The van der Waals surface area contributed by atoms with Gasteiger partial charge in [0.05, 0.1) is 18.1 Å². The molecule has 0 aliphatic heterocycles. The molecule has 0 unspecified atom stereocenters. The van der Waals surface area contributed by atoms with Crippen molar-refractivity contribution in [1.82, 2.24) is 15.3 Å². The number of hydrogen-bond acceptors (Lipinski definition) is 4. The van der Waals surface area contributed by atoms with Crippen molar-refractivity contribution in [2.24, 2.45) is 0 Å². The number of benzene rings is 1. The van der Waals surface area contributed by atoms with E-state index in [1.807, 2.05) is 30.6 Å². The highest BCUT2D eigenvalue weighted by molar-refractivity contribution is 5.58. The van der Waals surface area contributed by atoms with Crippen molar-refractivity contribution in [1.29, 1.82) is 0 Å². The monoisotopic (exact) mass is 270 g/mol. The molecule has 20 heavy (non-hydrogen) atoms. The molecule has 0 saturated carbocycles. The summed E-state index contributed by atoms with van der Waals surface area (Å²) in [6.45, 7) is 7.97. The van der Waals surface area contributed by atoms with Gasteiger partial charge in [0.15, 0.2) is 5.82 Å². The Hall–Kier alpha value is -1.94.